The van der Waals surface area contributed by atoms with Gasteiger partial charge in [-0.3, -0.25) is 4.90 Å². The predicted octanol–water partition coefficient (Wildman–Crippen LogP) is 3.57. The fourth-order valence-electron chi connectivity index (χ4n) is 2.03. The normalized spacial score (nSPS) is 18.0. The Hall–Kier alpha value is -0.410. The first-order chi connectivity index (χ1) is 7.27. The molecule has 1 aliphatic rings. The van der Waals surface area contributed by atoms with Crippen molar-refractivity contribution in [2.75, 3.05) is 13.1 Å². The van der Waals surface area contributed by atoms with Crippen molar-refractivity contribution in [3.63, 3.8) is 0 Å². The number of likely N-dealkylation sites (tertiary alicyclic amines) is 1. The third-order valence-corrected chi connectivity index (χ3v) is 3.76. The quantitative estimate of drug-likeness (QED) is 0.795. The van der Waals surface area contributed by atoms with Crippen LogP contribution in [0.5, 0.6) is 0 Å². The van der Waals surface area contributed by atoms with Gasteiger partial charge < -0.3 is 0 Å². The van der Waals surface area contributed by atoms with E-state index in [0.717, 1.165) is 25.2 Å². The summed E-state index contributed by atoms with van der Waals surface area (Å²) in [4.78, 5) is 2.39. The minimum Gasteiger partial charge on any atom is -0.299 e. The largest absolute Gasteiger partial charge is 0.299 e. The van der Waals surface area contributed by atoms with E-state index in [1.807, 2.05) is 6.07 Å². The van der Waals surface area contributed by atoms with E-state index in [4.69, 9.17) is 0 Å². The lowest BCUT2D eigenvalue weighted by Crippen LogP contribution is -2.29. The lowest BCUT2D eigenvalue weighted by molar-refractivity contribution is 0.220. The highest BCUT2D eigenvalue weighted by atomic mass is 79.9. The molecule has 3 heteroatoms. The molecule has 0 aromatic heterocycles. The Kier molecular flexibility index (Phi) is 3.76. The van der Waals surface area contributed by atoms with Crippen LogP contribution in [-0.2, 0) is 6.54 Å². The molecule has 1 aromatic carbocycles. The van der Waals surface area contributed by atoms with Crippen LogP contribution in [0.3, 0.4) is 0 Å². The third-order valence-electron chi connectivity index (χ3n) is 2.87. The lowest BCUT2D eigenvalue weighted by atomic mass is 10.1. The summed E-state index contributed by atoms with van der Waals surface area (Å²) in [6.07, 6.45) is 3.88. The summed E-state index contributed by atoms with van der Waals surface area (Å²) in [5.74, 6) is -0.162. The van der Waals surface area contributed by atoms with Crippen molar-refractivity contribution < 1.29 is 4.39 Å². The molecule has 1 heterocycles. The topological polar surface area (TPSA) is 3.24 Å². The summed E-state index contributed by atoms with van der Waals surface area (Å²) in [6.45, 7) is 3.14. The molecular weight excluding hydrogens is 257 g/mol. The number of rotatable bonds is 2. The van der Waals surface area contributed by atoms with Crippen LogP contribution in [0, 0.1) is 5.82 Å². The van der Waals surface area contributed by atoms with E-state index in [1.165, 1.54) is 25.3 Å². The van der Waals surface area contributed by atoms with Gasteiger partial charge in [-0.15, -0.1) is 0 Å². The monoisotopic (exact) mass is 271 g/mol. The van der Waals surface area contributed by atoms with Crippen LogP contribution in [0.15, 0.2) is 22.7 Å². The maximum Gasteiger partial charge on any atom is 0.137 e. The number of benzene rings is 1. The van der Waals surface area contributed by atoms with Crippen LogP contribution >= 0.6 is 15.9 Å². The van der Waals surface area contributed by atoms with Crippen LogP contribution in [-0.4, -0.2) is 18.0 Å². The number of piperidine rings is 1. The number of hydrogen-bond acceptors (Lipinski definition) is 1. The fourth-order valence-corrected chi connectivity index (χ4v) is 2.42. The van der Waals surface area contributed by atoms with Crippen molar-refractivity contribution in [1.29, 1.82) is 0 Å². The molecule has 82 valence electrons. The number of nitrogens with zero attached hydrogens (tertiary/aromatic N) is 1. The first-order valence-electron chi connectivity index (χ1n) is 5.42. The van der Waals surface area contributed by atoms with E-state index < -0.39 is 0 Å². The molecule has 0 radical (unpaired) electrons. The molecule has 1 saturated heterocycles. The van der Waals surface area contributed by atoms with Crippen LogP contribution in [0.4, 0.5) is 4.39 Å². The molecule has 1 nitrogen and oxygen atoms in total. The standard InChI is InChI=1S/C12H15BrFN/c13-12-10(5-4-6-11(12)14)9-15-7-2-1-3-8-15/h4-6H,1-3,7-9H2. The van der Waals surface area contributed by atoms with E-state index in [1.54, 1.807) is 6.07 Å². The Morgan fingerprint density at radius 3 is 2.67 bits per heavy atom. The third kappa shape index (κ3) is 2.79. The molecule has 0 atom stereocenters. The number of halogens is 2. The molecule has 0 saturated carbocycles. The van der Waals surface area contributed by atoms with Crippen molar-refractivity contribution in [1.82, 2.24) is 4.90 Å². The first kappa shape index (κ1) is 11.1. The molecule has 0 aliphatic carbocycles. The van der Waals surface area contributed by atoms with E-state index >= 15 is 0 Å². The minimum atomic E-state index is -0.162. The zero-order valence-electron chi connectivity index (χ0n) is 8.68. The molecule has 0 N–H and O–H groups in total. The molecular formula is C12H15BrFN. The average Bonchev–Trinajstić information content (AvgIpc) is 2.26. The molecule has 0 bridgehead atoms. The van der Waals surface area contributed by atoms with Gasteiger partial charge in [0.2, 0.25) is 0 Å². The van der Waals surface area contributed by atoms with Crippen molar-refractivity contribution in [3.05, 3.63) is 34.1 Å². The van der Waals surface area contributed by atoms with Crippen LogP contribution < -0.4 is 0 Å². The van der Waals surface area contributed by atoms with E-state index in [2.05, 4.69) is 20.8 Å². The Morgan fingerprint density at radius 1 is 1.20 bits per heavy atom. The molecule has 15 heavy (non-hydrogen) atoms. The van der Waals surface area contributed by atoms with Gasteiger partial charge in [0.25, 0.3) is 0 Å². The summed E-state index contributed by atoms with van der Waals surface area (Å²) >= 11 is 3.31. The zero-order chi connectivity index (χ0) is 10.7. The van der Waals surface area contributed by atoms with Gasteiger partial charge in [0.1, 0.15) is 5.82 Å². The zero-order valence-corrected chi connectivity index (χ0v) is 10.3. The highest BCUT2D eigenvalue weighted by Gasteiger charge is 2.13. The van der Waals surface area contributed by atoms with Gasteiger partial charge in [-0.05, 0) is 53.5 Å². The van der Waals surface area contributed by atoms with Crippen LogP contribution in [0.1, 0.15) is 24.8 Å². The van der Waals surface area contributed by atoms with Gasteiger partial charge in [0, 0.05) is 6.54 Å². The van der Waals surface area contributed by atoms with Gasteiger partial charge >= 0.3 is 0 Å². The Labute approximate surface area is 98.4 Å². The molecule has 2 rings (SSSR count). The van der Waals surface area contributed by atoms with Crippen molar-refractivity contribution in [2.45, 2.75) is 25.8 Å². The summed E-state index contributed by atoms with van der Waals surface area (Å²) in [5, 5.41) is 0. The lowest BCUT2D eigenvalue weighted by Gasteiger charge is -2.26. The molecule has 0 amide bonds. The Morgan fingerprint density at radius 2 is 1.93 bits per heavy atom. The fraction of sp³-hybridized carbons (Fsp3) is 0.500. The highest BCUT2D eigenvalue weighted by Crippen LogP contribution is 2.23. The molecule has 1 aromatic rings. The summed E-state index contributed by atoms with van der Waals surface area (Å²) in [7, 11) is 0. The van der Waals surface area contributed by atoms with E-state index in [-0.39, 0.29) is 5.82 Å². The van der Waals surface area contributed by atoms with Crippen molar-refractivity contribution >= 4 is 15.9 Å². The smallest absolute Gasteiger partial charge is 0.137 e. The van der Waals surface area contributed by atoms with Gasteiger partial charge in [0.15, 0.2) is 0 Å². The maximum absolute atomic E-state index is 13.3. The van der Waals surface area contributed by atoms with Crippen molar-refractivity contribution in [3.8, 4) is 0 Å². The minimum absolute atomic E-state index is 0.162. The maximum atomic E-state index is 13.3. The van der Waals surface area contributed by atoms with Gasteiger partial charge in [-0.1, -0.05) is 18.6 Å². The van der Waals surface area contributed by atoms with Crippen LogP contribution in [0.2, 0.25) is 0 Å². The molecule has 0 unspecified atom stereocenters. The average molecular weight is 272 g/mol. The second-order valence-corrected chi connectivity index (χ2v) is 4.84. The summed E-state index contributed by atoms with van der Waals surface area (Å²) in [5.41, 5.74) is 1.05. The van der Waals surface area contributed by atoms with Gasteiger partial charge in [0.05, 0.1) is 4.47 Å². The second kappa shape index (κ2) is 5.08. The Bertz CT molecular complexity index is 334. The van der Waals surface area contributed by atoms with Crippen LogP contribution in [0.25, 0.3) is 0 Å². The predicted molar refractivity (Wildman–Crippen MR) is 63.2 cm³/mol. The second-order valence-electron chi connectivity index (χ2n) is 4.05. The van der Waals surface area contributed by atoms with E-state index in [9.17, 15) is 4.39 Å². The van der Waals surface area contributed by atoms with Gasteiger partial charge in [-0.25, -0.2) is 4.39 Å². The molecule has 1 fully saturated rings. The molecule has 0 spiro atoms. The van der Waals surface area contributed by atoms with Gasteiger partial charge in [-0.2, -0.15) is 0 Å². The van der Waals surface area contributed by atoms with E-state index in [0.29, 0.717) is 4.47 Å². The SMILES string of the molecule is Fc1cccc(CN2CCCCC2)c1Br. The van der Waals surface area contributed by atoms with Crippen molar-refractivity contribution in [2.24, 2.45) is 0 Å². The molecule has 1 aliphatic heterocycles. The summed E-state index contributed by atoms with van der Waals surface area (Å²) in [6, 6.07) is 5.25. The highest BCUT2D eigenvalue weighted by molar-refractivity contribution is 9.10. The Balaban J connectivity index is 2.06. The first-order valence-corrected chi connectivity index (χ1v) is 6.22. The number of hydrogen-bond donors (Lipinski definition) is 0. The summed E-state index contributed by atoms with van der Waals surface area (Å²) < 4.78 is 13.9.